The predicted octanol–water partition coefficient (Wildman–Crippen LogP) is 2.90. The number of nitrogens with one attached hydrogen (secondary N) is 1. The van der Waals surface area contributed by atoms with Gasteiger partial charge in [-0.05, 0) is 36.4 Å². The Morgan fingerprint density at radius 2 is 1.91 bits per heavy atom. The fourth-order valence-electron chi connectivity index (χ4n) is 2.38. The lowest BCUT2D eigenvalue weighted by Crippen LogP contribution is -2.23. The molecule has 6 nitrogen and oxygen atoms in total. The summed E-state index contributed by atoms with van der Waals surface area (Å²) in [5.74, 6) is 0.261. The van der Waals surface area contributed by atoms with Gasteiger partial charge < -0.3 is 14.8 Å². The second-order valence-electron chi connectivity index (χ2n) is 4.97. The number of nitrogens with zero attached hydrogens (tertiary/aromatic N) is 1. The van der Waals surface area contributed by atoms with Crippen LogP contribution in [0.4, 0.5) is 16.2 Å². The Kier molecular flexibility index (Phi) is 4.14. The summed E-state index contributed by atoms with van der Waals surface area (Å²) in [6.45, 7) is 0.927. The summed E-state index contributed by atoms with van der Waals surface area (Å²) in [6, 6.07) is 14.0. The molecule has 1 saturated heterocycles. The van der Waals surface area contributed by atoms with Gasteiger partial charge in [-0.15, -0.1) is 0 Å². The van der Waals surface area contributed by atoms with Gasteiger partial charge in [-0.1, -0.05) is 12.1 Å². The largest absolute Gasteiger partial charge is 0.496 e. The summed E-state index contributed by atoms with van der Waals surface area (Å²) in [6.07, 6.45) is -0.351. The summed E-state index contributed by atoms with van der Waals surface area (Å²) >= 11 is 0. The molecule has 0 saturated carbocycles. The molecule has 6 heteroatoms. The molecular formula is C17H16N2O4. The highest BCUT2D eigenvalue weighted by Gasteiger charge is 2.23. The lowest BCUT2D eigenvalue weighted by atomic mass is 10.2. The third-order valence-corrected chi connectivity index (χ3v) is 3.55. The average molecular weight is 312 g/mol. The molecule has 0 unspecified atom stereocenters. The van der Waals surface area contributed by atoms with E-state index >= 15 is 0 Å². The molecule has 0 bridgehead atoms. The number of ether oxygens (including phenoxy) is 2. The molecule has 1 aliphatic heterocycles. The molecular weight excluding hydrogens is 296 g/mol. The molecule has 0 radical (unpaired) electrons. The molecule has 0 atom stereocenters. The molecule has 1 heterocycles. The first kappa shape index (κ1) is 14.9. The first-order valence-corrected chi connectivity index (χ1v) is 7.18. The summed E-state index contributed by atoms with van der Waals surface area (Å²) in [5.41, 5.74) is 1.84. The summed E-state index contributed by atoms with van der Waals surface area (Å²) in [7, 11) is 1.52. The van der Waals surface area contributed by atoms with Crippen molar-refractivity contribution in [2.24, 2.45) is 0 Å². The minimum absolute atomic E-state index is 0.254. The first-order chi connectivity index (χ1) is 11.2. The van der Waals surface area contributed by atoms with E-state index < -0.39 is 0 Å². The monoisotopic (exact) mass is 312 g/mol. The highest BCUT2D eigenvalue weighted by Crippen LogP contribution is 2.23. The van der Waals surface area contributed by atoms with Crippen LogP contribution in [0.3, 0.4) is 0 Å². The third kappa shape index (κ3) is 3.11. The van der Waals surface area contributed by atoms with Gasteiger partial charge in [0, 0.05) is 11.4 Å². The maximum absolute atomic E-state index is 12.3. The standard InChI is InChI=1S/C17H16N2O4/c1-22-15-5-3-2-4-14(15)16(20)18-12-6-8-13(9-7-12)19-10-11-23-17(19)21/h2-9H,10-11H2,1H3,(H,18,20). The average Bonchev–Trinajstić information content (AvgIpc) is 3.01. The maximum atomic E-state index is 12.3. The van der Waals surface area contributed by atoms with Crippen molar-refractivity contribution in [3.8, 4) is 5.75 Å². The van der Waals surface area contributed by atoms with Gasteiger partial charge in [0.1, 0.15) is 12.4 Å². The number of anilines is 2. The van der Waals surface area contributed by atoms with Crippen molar-refractivity contribution in [3.63, 3.8) is 0 Å². The molecule has 1 N–H and O–H groups in total. The predicted molar refractivity (Wildman–Crippen MR) is 86.1 cm³/mol. The van der Waals surface area contributed by atoms with Crippen LogP contribution < -0.4 is 15.0 Å². The molecule has 0 aromatic heterocycles. The van der Waals surface area contributed by atoms with E-state index in [1.54, 1.807) is 53.4 Å². The third-order valence-electron chi connectivity index (χ3n) is 3.55. The number of rotatable bonds is 4. The van der Waals surface area contributed by atoms with E-state index in [2.05, 4.69) is 5.32 Å². The highest BCUT2D eigenvalue weighted by atomic mass is 16.6. The van der Waals surface area contributed by atoms with Gasteiger partial charge in [0.25, 0.3) is 5.91 Å². The van der Waals surface area contributed by atoms with Crippen LogP contribution >= 0.6 is 0 Å². The van der Waals surface area contributed by atoms with Crippen LogP contribution in [-0.4, -0.2) is 32.3 Å². The number of benzene rings is 2. The Morgan fingerprint density at radius 3 is 2.57 bits per heavy atom. The number of carbonyl (C=O) groups excluding carboxylic acids is 2. The molecule has 0 aliphatic carbocycles. The molecule has 2 aromatic rings. The minimum atomic E-state index is -0.351. The van der Waals surface area contributed by atoms with E-state index in [1.165, 1.54) is 7.11 Å². The first-order valence-electron chi connectivity index (χ1n) is 7.18. The Labute approximate surface area is 133 Å². The number of cyclic esters (lactones) is 1. The molecule has 2 amide bonds. The number of para-hydroxylation sites is 1. The van der Waals surface area contributed by atoms with Crippen LogP contribution in [0.2, 0.25) is 0 Å². The Bertz CT molecular complexity index is 728. The van der Waals surface area contributed by atoms with Crippen LogP contribution in [0.25, 0.3) is 0 Å². The lowest BCUT2D eigenvalue weighted by molar-refractivity contribution is 0.102. The van der Waals surface area contributed by atoms with Crippen molar-refractivity contribution in [2.75, 3.05) is 30.5 Å². The smallest absolute Gasteiger partial charge is 0.414 e. The number of hydrogen-bond acceptors (Lipinski definition) is 4. The zero-order valence-electron chi connectivity index (χ0n) is 12.6. The second kappa shape index (κ2) is 6.39. The van der Waals surface area contributed by atoms with Gasteiger partial charge in [-0.3, -0.25) is 9.69 Å². The Hall–Kier alpha value is -3.02. The van der Waals surface area contributed by atoms with Gasteiger partial charge >= 0.3 is 6.09 Å². The number of methoxy groups -OCH3 is 1. The zero-order valence-corrected chi connectivity index (χ0v) is 12.6. The second-order valence-corrected chi connectivity index (χ2v) is 4.97. The van der Waals surface area contributed by atoms with Gasteiger partial charge in [-0.2, -0.15) is 0 Å². The molecule has 23 heavy (non-hydrogen) atoms. The van der Waals surface area contributed by atoms with E-state index in [4.69, 9.17) is 9.47 Å². The van der Waals surface area contributed by atoms with E-state index in [1.807, 2.05) is 0 Å². The van der Waals surface area contributed by atoms with Gasteiger partial charge in [0.15, 0.2) is 0 Å². The molecule has 1 fully saturated rings. The minimum Gasteiger partial charge on any atom is -0.496 e. The van der Waals surface area contributed by atoms with Crippen molar-refractivity contribution in [1.29, 1.82) is 0 Å². The Morgan fingerprint density at radius 1 is 1.17 bits per heavy atom. The van der Waals surface area contributed by atoms with Gasteiger partial charge in [0.05, 0.1) is 19.2 Å². The lowest BCUT2D eigenvalue weighted by Gasteiger charge is -2.13. The fraction of sp³-hybridized carbons (Fsp3) is 0.176. The van der Waals surface area contributed by atoms with Crippen LogP contribution in [-0.2, 0) is 4.74 Å². The molecule has 118 valence electrons. The van der Waals surface area contributed by atoms with Crippen molar-refractivity contribution >= 4 is 23.4 Å². The van der Waals surface area contributed by atoms with E-state index in [0.29, 0.717) is 30.2 Å². The summed E-state index contributed by atoms with van der Waals surface area (Å²) in [5, 5.41) is 2.81. The molecule has 2 aromatic carbocycles. The van der Waals surface area contributed by atoms with Crippen LogP contribution in [0, 0.1) is 0 Å². The normalized spacial score (nSPS) is 13.6. The molecule has 0 spiro atoms. The summed E-state index contributed by atoms with van der Waals surface area (Å²) < 4.78 is 10.1. The fourth-order valence-corrected chi connectivity index (χ4v) is 2.38. The zero-order chi connectivity index (χ0) is 16.2. The van der Waals surface area contributed by atoms with Crippen molar-refractivity contribution in [3.05, 3.63) is 54.1 Å². The van der Waals surface area contributed by atoms with Crippen molar-refractivity contribution in [2.45, 2.75) is 0 Å². The van der Waals surface area contributed by atoms with Gasteiger partial charge in [0.2, 0.25) is 0 Å². The number of amides is 2. The number of hydrogen-bond donors (Lipinski definition) is 1. The van der Waals surface area contributed by atoms with Crippen LogP contribution in [0.5, 0.6) is 5.75 Å². The topological polar surface area (TPSA) is 67.9 Å². The quantitative estimate of drug-likeness (QED) is 0.942. The van der Waals surface area contributed by atoms with E-state index in [-0.39, 0.29) is 12.0 Å². The SMILES string of the molecule is COc1ccccc1C(=O)Nc1ccc(N2CCOC2=O)cc1. The Balaban J connectivity index is 1.73. The molecule has 1 aliphatic rings. The van der Waals surface area contributed by atoms with Crippen molar-refractivity contribution in [1.82, 2.24) is 0 Å². The van der Waals surface area contributed by atoms with Crippen LogP contribution in [0.15, 0.2) is 48.5 Å². The van der Waals surface area contributed by atoms with Crippen LogP contribution in [0.1, 0.15) is 10.4 Å². The van der Waals surface area contributed by atoms with Gasteiger partial charge in [-0.25, -0.2) is 4.79 Å². The molecule has 3 rings (SSSR count). The summed E-state index contributed by atoms with van der Waals surface area (Å²) in [4.78, 5) is 25.4. The van der Waals surface area contributed by atoms with Crippen molar-refractivity contribution < 1.29 is 19.1 Å². The van der Waals surface area contributed by atoms with E-state index in [9.17, 15) is 9.59 Å². The maximum Gasteiger partial charge on any atom is 0.414 e. The number of carbonyl (C=O) groups is 2. The highest BCUT2D eigenvalue weighted by molar-refractivity contribution is 6.06. The van der Waals surface area contributed by atoms with E-state index in [0.717, 1.165) is 5.69 Å².